The number of aromatic amines is 2. The minimum atomic E-state index is -0.665. The average molecular weight is 480 g/mol. The van der Waals surface area contributed by atoms with Crippen LogP contribution in [-0.4, -0.2) is 48.3 Å². The average Bonchev–Trinajstić information content (AvgIpc) is 3.38. The van der Waals surface area contributed by atoms with Crippen LogP contribution in [0.1, 0.15) is 34.3 Å². The smallest absolute Gasteiger partial charge is 0.333 e. The van der Waals surface area contributed by atoms with E-state index in [1.165, 1.54) is 12.1 Å². The third-order valence-corrected chi connectivity index (χ3v) is 5.38. The number of aromatic nitrogens is 4. The molecule has 35 heavy (non-hydrogen) atoms. The Bertz CT molecular complexity index is 1400. The van der Waals surface area contributed by atoms with E-state index in [2.05, 4.69) is 20.3 Å². The summed E-state index contributed by atoms with van der Waals surface area (Å²) in [6.45, 7) is 0.243. The van der Waals surface area contributed by atoms with Crippen molar-refractivity contribution in [3.8, 4) is 11.8 Å². The Labute approximate surface area is 198 Å². The molecule has 12 nitrogen and oxygen atoms in total. The van der Waals surface area contributed by atoms with Gasteiger partial charge in [-0.3, -0.25) is 14.6 Å². The highest BCUT2D eigenvalue weighted by Gasteiger charge is 2.13. The highest BCUT2D eigenvalue weighted by molar-refractivity contribution is 5.94. The Morgan fingerprint density at radius 3 is 2.51 bits per heavy atom. The molecule has 0 spiro atoms. The van der Waals surface area contributed by atoms with E-state index in [9.17, 15) is 24.6 Å². The summed E-state index contributed by atoms with van der Waals surface area (Å²) < 4.78 is 0.617. The van der Waals surface area contributed by atoms with Crippen molar-refractivity contribution in [1.29, 1.82) is 0 Å². The topological polar surface area (TPSA) is 188 Å². The summed E-state index contributed by atoms with van der Waals surface area (Å²) in [6.07, 6.45) is 3.31. The van der Waals surface area contributed by atoms with Crippen molar-refractivity contribution in [3.05, 3.63) is 69.6 Å². The molecular weight excluding hydrogens is 456 g/mol. The molecule has 3 aromatic heterocycles. The summed E-state index contributed by atoms with van der Waals surface area (Å²) in [4.78, 5) is 50.7. The van der Waals surface area contributed by atoms with Crippen molar-refractivity contribution in [3.63, 3.8) is 0 Å². The van der Waals surface area contributed by atoms with Gasteiger partial charge < -0.3 is 31.1 Å². The van der Waals surface area contributed by atoms with Crippen molar-refractivity contribution in [2.75, 3.05) is 12.3 Å². The van der Waals surface area contributed by atoms with Gasteiger partial charge in [0.2, 0.25) is 17.7 Å². The second-order valence-electron chi connectivity index (χ2n) is 7.85. The van der Waals surface area contributed by atoms with Gasteiger partial charge in [-0.15, -0.1) is 4.73 Å². The van der Waals surface area contributed by atoms with Gasteiger partial charge in [0.05, 0.1) is 5.39 Å². The van der Waals surface area contributed by atoms with Crippen molar-refractivity contribution in [2.24, 2.45) is 0 Å². The van der Waals surface area contributed by atoms with E-state index in [4.69, 9.17) is 10.6 Å². The molecule has 12 heteroatoms. The van der Waals surface area contributed by atoms with Gasteiger partial charge in [0, 0.05) is 36.9 Å². The molecular formula is C23H24N6O6. The number of carbonyl (C=O) groups is 2. The number of benzene rings is 1. The van der Waals surface area contributed by atoms with E-state index in [1.54, 1.807) is 18.3 Å². The molecule has 182 valence electrons. The number of fused-ring (bicyclic) bond motifs is 1. The first-order chi connectivity index (χ1) is 16.8. The summed E-state index contributed by atoms with van der Waals surface area (Å²) in [6, 6.07) is 9.48. The fourth-order valence-corrected chi connectivity index (χ4v) is 3.60. The number of aryl methyl sites for hydroxylation is 2. The molecule has 7 N–H and O–H groups in total. The van der Waals surface area contributed by atoms with Gasteiger partial charge in [0.1, 0.15) is 5.65 Å². The second-order valence-corrected chi connectivity index (χ2v) is 7.85. The SMILES string of the molecule is Nc1nc2[nH]cc(CCc3ccc(C(=O)NCCCC(=O)On4c(O)ccc4O)cc3)c2c(=O)[nH]1. The number of hydrogen-bond acceptors (Lipinski definition) is 8. The fraction of sp³-hybridized carbons (Fsp3) is 0.217. The van der Waals surface area contributed by atoms with E-state index >= 15 is 0 Å². The number of rotatable bonds is 9. The maximum atomic E-state index is 12.3. The zero-order chi connectivity index (χ0) is 24.9. The predicted molar refractivity (Wildman–Crippen MR) is 126 cm³/mol. The first kappa shape index (κ1) is 23.4. The van der Waals surface area contributed by atoms with Gasteiger partial charge in [-0.2, -0.15) is 4.98 Å². The van der Waals surface area contributed by atoms with Crippen LogP contribution in [0.5, 0.6) is 11.8 Å². The van der Waals surface area contributed by atoms with Crippen LogP contribution in [0.3, 0.4) is 0 Å². The zero-order valence-electron chi connectivity index (χ0n) is 18.6. The van der Waals surface area contributed by atoms with E-state index < -0.39 is 17.7 Å². The quantitative estimate of drug-likeness (QED) is 0.191. The van der Waals surface area contributed by atoms with E-state index in [0.717, 1.165) is 11.1 Å². The second kappa shape index (κ2) is 10.0. The molecule has 3 heterocycles. The minimum Gasteiger partial charge on any atom is -0.492 e. The molecule has 1 amide bonds. The molecule has 0 fully saturated rings. The van der Waals surface area contributed by atoms with Gasteiger partial charge in [-0.1, -0.05) is 12.1 Å². The summed E-state index contributed by atoms with van der Waals surface area (Å²) in [5.41, 5.74) is 8.03. The van der Waals surface area contributed by atoms with Gasteiger partial charge in [-0.25, -0.2) is 4.79 Å². The number of nitrogens with zero attached hydrogens (tertiary/aromatic N) is 2. The predicted octanol–water partition coefficient (Wildman–Crippen LogP) is 0.997. The molecule has 0 radical (unpaired) electrons. The van der Waals surface area contributed by atoms with Crippen molar-refractivity contribution >= 4 is 28.9 Å². The normalized spacial score (nSPS) is 11.0. The van der Waals surface area contributed by atoms with Gasteiger partial charge >= 0.3 is 5.97 Å². The maximum Gasteiger partial charge on any atom is 0.333 e. The van der Waals surface area contributed by atoms with Crippen LogP contribution in [-0.2, 0) is 17.6 Å². The molecule has 0 bridgehead atoms. The zero-order valence-corrected chi connectivity index (χ0v) is 18.6. The van der Waals surface area contributed by atoms with Crippen LogP contribution in [0.25, 0.3) is 11.0 Å². The summed E-state index contributed by atoms with van der Waals surface area (Å²) in [5, 5.41) is 22.1. The molecule has 0 aliphatic carbocycles. The number of nitrogens with one attached hydrogen (secondary N) is 3. The van der Waals surface area contributed by atoms with Gasteiger partial charge in [0.15, 0.2) is 0 Å². The molecule has 4 rings (SSSR count). The lowest BCUT2D eigenvalue weighted by Crippen LogP contribution is -2.26. The third-order valence-electron chi connectivity index (χ3n) is 5.38. The summed E-state index contributed by atoms with van der Waals surface area (Å²) in [5.74, 6) is -1.68. The number of carbonyl (C=O) groups excluding carboxylic acids is 2. The lowest BCUT2D eigenvalue weighted by atomic mass is 10.0. The number of hydrogen-bond donors (Lipinski definition) is 6. The van der Waals surface area contributed by atoms with Crippen LogP contribution in [0.15, 0.2) is 47.4 Å². The number of nitrogens with two attached hydrogens (primary N) is 1. The van der Waals surface area contributed by atoms with Crippen molar-refractivity contribution in [2.45, 2.75) is 25.7 Å². The molecule has 4 aromatic rings. The lowest BCUT2D eigenvalue weighted by Gasteiger charge is -2.08. The van der Waals surface area contributed by atoms with Crippen LogP contribution >= 0.6 is 0 Å². The number of anilines is 1. The Morgan fingerprint density at radius 2 is 1.80 bits per heavy atom. The molecule has 0 saturated heterocycles. The Morgan fingerprint density at radius 1 is 1.09 bits per heavy atom. The van der Waals surface area contributed by atoms with Crippen LogP contribution < -0.4 is 21.4 Å². The minimum absolute atomic E-state index is 0.0188. The fourth-order valence-electron chi connectivity index (χ4n) is 3.60. The first-order valence-corrected chi connectivity index (χ1v) is 10.9. The maximum absolute atomic E-state index is 12.3. The van der Waals surface area contributed by atoms with Crippen molar-refractivity contribution in [1.82, 2.24) is 25.0 Å². The monoisotopic (exact) mass is 480 g/mol. The first-order valence-electron chi connectivity index (χ1n) is 10.9. The van der Waals surface area contributed by atoms with Gasteiger partial charge in [-0.05, 0) is 42.5 Å². The molecule has 0 atom stereocenters. The number of nitrogen functional groups attached to an aromatic ring is 1. The summed E-state index contributed by atoms with van der Waals surface area (Å²) in [7, 11) is 0. The van der Waals surface area contributed by atoms with E-state index in [-0.39, 0.29) is 30.4 Å². The van der Waals surface area contributed by atoms with Crippen LogP contribution in [0.2, 0.25) is 0 Å². The molecule has 1 aromatic carbocycles. The van der Waals surface area contributed by atoms with E-state index in [1.807, 2.05) is 12.1 Å². The number of H-pyrrole nitrogens is 2. The summed E-state index contributed by atoms with van der Waals surface area (Å²) >= 11 is 0. The highest BCUT2D eigenvalue weighted by Crippen LogP contribution is 2.19. The standard InChI is InChI=1S/C23H24N6O6/c24-23-27-20-19(22(34)28-23)15(12-26-20)8-5-13-3-6-14(7-4-13)21(33)25-11-1-2-18(32)35-29-16(30)9-10-17(29)31/h3-4,6-7,9-10,12,30-31H,1-2,5,8,11H2,(H,25,33)(H4,24,26,27,28,34). The third kappa shape index (κ3) is 5.43. The highest BCUT2D eigenvalue weighted by atomic mass is 16.7. The van der Waals surface area contributed by atoms with Gasteiger partial charge in [0.25, 0.3) is 11.5 Å². The molecule has 0 unspecified atom stereocenters. The number of aromatic hydroxyl groups is 2. The molecule has 0 aliphatic rings. The number of amides is 1. The Balaban J connectivity index is 1.23. The van der Waals surface area contributed by atoms with Crippen LogP contribution in [0.4, 0.5) is 5.95 Å². The van der Waals surface area contributed by atoms with Crippen molar-refractivity contribution < 1.29 is 24.6 Å². The van der Waals surface area contributed by atoms with E-state index in [0.29, 0.717) is 40.6 Å². The lowest BCUT2D eigenvalue weighted by molar-refractivity contribution is -0.145. The van der Waals surface area contributed by atoms with Crippen LogP contribution in [0, 0.1) is 0 Å². The Hall–Kier alpha value is -4.74. The molecule has 0 aliphatic heterocycles. The largest absolute Gasteiger partial charge is 0.492 e. The molecule has 0 saturated carbocycles. The Kier molecular flexibility index (Phi) is 6.71.